The van der Waals surface area contributed by atoms with Crippen LogP contribution < -0.4 is 28.4 Å². The van der Waals surface area contributed by atoms with Gasteiger partial charge in [0.1, 0.15) is 58.4 Å². The molecule has 0 aliphatic carbocycles. The van der Waals surface area contributed by atoms with E-state index in [-0.39, 0.29) is 25.6 Å². The van der Waals surface area contributed by atoms with Crippen molar-refractivity contribution in [2.45, 2.75) is 45.9 Å². The standard InChI is InChI=1S/C12H13ClFNO2.C12H14ClNO3.C12H12ClNO2/c1-12(2,14)8-6-11(16-3)9(13)7-10(8)17-5-4-15;1-12(2,15)8-6-11(16-3)9(13)7-10(8)17-5-4-14;1-8(2)9-6-12(15-3)10(13)7-11(9)16-5-4-14/h6-7H,5H2,1-3H3;6-7,15H,5H2,1-3H3;6-7H,1,5H2,2-3H3. The summed E-state index contributed by atoms with van der Waals surface area (Å²) in [6.07, 6.45) is 0. The fourth-order valence-corrected chi connectivity index (χ4v) is 4.73. The number of alkyl halides is 1. The normalized spacial score (nSPS) is 10.4. The average Bonchev–Trinajstić information content (AvgIpc) is 3.04. The molecular weight excluding hydrogens is 712 g/mol. The maximum atomic E-state index is 14.0. The van der Waals surface area contributed by atoms with Crippen LogP contribution in [0.5, 0.6) is 34.5 Å². The lowest BCUT2D eigenvalue weighted by Crippen LogP contribution is -2.17. The summed E-state index contributed by atoms with van der Waals surface area (Å²) in [5.41, 5.74) is -0.284. The minimum Gasteiger partial charge on any atom is -0.495 e. The van der Waals surface area contributed by atoms with Gasteiger partial charge in [-0.3, -0.25) is 0 Å². The first kappa shape index (κ1) is 43.5. The van der Waals surface area contributed by atoms with E-state index in [4.69, 9.17) is 79.0 Å². The first-order valence-corrected chi connectivity index (χ1v) is 15.7. The second-order valence-corrected chi connectivity index (χ2v) is 12.3. The zero-order chi connectivity index (χ0) is 38.2. The van der Waals surface area contributed by atoms with E-state index < -0.39 is 11.3 Å². The van der Waals surface area contributed by atoms with Gasteiger partial charge in [0.05, 0.1) is 42.0 Å². The molecular formula is C36H39Cl3FN3O7. The minimum absolute atomic E-state index is 0.0249. The Morgan fingerprint density at radius 2 is 1.00 bits per heavy atom. The summed E-state index contributed by atoms with van der Waals surface area (Å²) in [7, 11) is 4.48. The number of benzene rings is 3. The fourth-order valence-electron chi connectivity index (χ4n) is 4.04. The van der Waals surface area contributed by atoms with E-state index in [1.54, 1.807) is 39.2 Å². The molecule has 0 fully saturated rings. The van der Waals surface area contributed by atoms with Crippen molar-refractivity contribution in [1.82, 2.24) is 0 Å². The van der Waals surface area contributed by atoms with Gasteiger partial charge in [-0.2, -0.15) is 15.8 Å². The Kier molecular flexibility index (Phi) is 17.5. The molecule has 3 rings (SSSR count). The van der Waals surface area contributed by atoms with E-state index >= 15 is 0 Å². The zero-order valence-corrected chi connectivity index (χ0v) is 31.3. The second kappa shape index (κ2) is 20.2. The highest BCUT2D eigenvalue weighted by atomic mass is 35.5. The number of hydrogen-bond acceptors (Lipinski definition) is 10. The van der Waals surface area contributed by atoms with Crippen LogP contribution in [0.1, 0.15) is 51.3 Å². The topological polar surface area (TPSA) is 147 Å². The number of allylic oxidation sites excluding steroid dienone is 1. The van der Waals surface area contributed by atoms with Crippen LogP contribution >= 0.6 is 34.8 Å². The third-order valence-electron chi connectivity index (χ3n) is 6.40. The molecule has 0 spiro atoms. The molecule has 0 atom stereocenters. The van der Waals surface area contributed by atoms with Gasteiger partial charge in [0.15, 0.2) is 19.8 Å². The molecule has 0 radical (unpaired) electrons. The van der Waals surface area contributed by atoms with Crippen LogP contribution in [-0.2, 0) is 11.3 Å². The highest BCUT2D eigenvalue weighted by Gasteiger charge is 2.26. The van der Waals surface area contributed by atoms with Crippen molar-refractivity contribution < 1.29 is 37.9 Å². The highest BCUT2D eigenvalue weighted by Crippen LogP contribution is 2.40. The van der Waals surface area contributed by atoms with Gasteiger partial charge in [-0.05, 0) is 58.4 Å². The maximum absolute atomic E-state index is 14.0. The molecule has 0 amide bonds. The lowest BCUT2D eigenvalue weighted by Gasteiger charge is -2.22. The lowest BCUT2D eigenvalue weighted by atomic mass is 9.97. The number of ether oxygens (including phenoxy) is 6. The Balaban J connectivity index is 0.000000375. The van der Waals surface area contributed by atoms with Crippen molar-refractivity contribution in [2.75, 3.05) is 41.2 Å². The van der Waals surface area contributed by atoms with Crippen LogP contribution in [0.2, 0.25) is 15.1 Å². The average molecular weight is 751 g/mol. The first-order chi connectivity index (χ1) is 23.4. The third kappa shape index (κ3) is 13.0. The molecule has 0 aliphatic heterocycles. The van der Waals surface area contributed by atoms with Crippen LogP contribution in [0, 0.1) is 34.0 Å². The van der Waals surface area contributed by atoms with Crippen molar-refractivity contribution in [3.8, 4) is 52.7 Å². The summed E-state index contributed by atoms with van der Waals surface area (Å²) in [5.74, 6) is 2.56. The van der Waals surface area contributed by atoms with Gasteiger partial charge in [-0.1, -0.05) is 41.4 Å². The van der Waals surface area contributed by atoms with Gasteiger partial charge >= 0.3 is 0 Å². The molecule has 14 heteroatoms. The number of aliphatic hydroxyl groups is 1. The molecule has 0 saturated carbocycles. The van der Waals surface area contributed by atoms with Crippen LogP contribution in [0.25, 0.3) is 5.57 Å². The molecule has 10 nitrogen and oxygen atoms in total. The van der Waals surface area contributed by atoms with Gasteiger partial charge in [-0.15, -0.1) is 0 Å². The monoisotopic (exact) mass is 749 g/mol. The van der Waals surface area contributed by atoms with Crippen LogP contribution in [0.3, 0.4) is 0 Å². The number of hydrogen-bond donors (Lipinski definition) is 1. The fraction of sp³-hybridized carbons (Fsp3) is 0.361. The third-order valence-corrected chi connectivity index (χ3v) is 7.28. The Morgan fingerprint density at radius 3 is 1.34 bits per heavy atom. The molecule has 0 heterocycles. The van der Waals surface area contributed by atoms with Crippen molar-refractivity contribution in [2.24, 2.45) is 0 Å². The molecule has 0 saturated heterocycles. The van der Waals surface area contributed by atoms with Crippen LogP contribution in [0.4, 0.5) is 4.39 Å². The largest absolute Gasteiger partial charge is 0.495 e. The van der Waals surface area contributed by atoms with Crippen LogP contribution in [-0.4, -0.2) is 46.3 Å². The van der Waals surface area contributed by atoms with E-state index in [2.05, 4.69) is 6.58 Å². The summed E-state index contributed by atoms with van der Waals surface area (Å²) in [6, 6.07) is 15.0. The number of halogens is 4. The van der Waals surface area contributed by atoms with Gasteiger partial charge < -0.3 is 33.5 Å². The number of nitriles is 3. The van der Waals surface area contributed by atoms with Crippen molar-refractivity contribution >= 4 is 40.4 Å². The molecule has 268 valence electrons. The minimum atomic E-state index is -1.61. The Bertz CT molecular complexity index is 1670. The Morgan fingerprint density at radius 1 is 0.660 bits per heavy atom. The van der Waals surface area contributed by atoms with E-state index in [1.165, 1.54) is 46.3 Å². The first-order valence-electron chi connectivity index (χ1n) is 14.6. The lowest BCUT2D eigenvalue weighted by molar-refractivity contribution is 0.0749. The van der Waals surface area contributed by atoms with Gasteiger partial charge in [0, 0.05) is 34.9 Å². The van der Waals surface area contributed by atoms with E-state index in [0.29, 0.717) is 54.9 Å². The summed E-state index contributed by atoms with van der Waals surface area (Å²) in [4.78, 5) is 0. The van der Waals surface area contributed by atoms with E-state index in [0.717, 1.165) is 11.1 Å². The molecule has 0 bridgehead atoms. The zero-order valence-electron chi connectivity index (χ0n) is 29.0. The Hall–Kier alpha value is -4.57. The van der Waals surface area contributed by atoms with E-state index in [9.17, 15) is 9.50 Å². The van der Waals surface area contributed by atoms with Gasteiger partial charge in [0.2, 0.25) is 0 Å². The molecule has 0 unspecified atom stereocenters. The van der Waals surface area contributed by atoms with E-state index in [1.807, 2.05) is 25.1 Å². The Labute approximate surface area is 307 Å². The van der Waals surface area contributed by atoms with Crippen molar-refractivity contribution in [1.29, 1.82) is 15.8 Å². The summed E-state index contributed by atoms with van der Waals surface area (Å²) in [5, 5.41) is 36.6. The molecule has 0 aromatic heterocycles. The molecule has 50 heavy (non-hydrogen) atoms. The van der Waals surface area contributed by atoms with Crippen molar-refractivity contribution in [3.63, 3.8) is 0 Å². The summed E-state index contributed by atoms with van der Waals surface area (Å²) < 4.78 is 44.8. The number of nitrogens with zero attached hydrogens (tertiary/aromatic N) is 3. The van der Waals surface area contributed by atoms with Gasteiger partial charge in [-0.25, -0.2) is 4.39 Å². The quantitative estimate of drug-likeness (QED) is 0.190. The molecule has 0 aliphatic rings. The smallest absolute Gasteiger partial charge is 0.174 e. The number of methoxy groups -OCH3 is 3. The SMILES string of the molecule is C=C(C)c1cc(OC)c(Cl)cc1OCC#N.COc1cc(C(C)(C)F)c(OCC#N)cc1Cl.COc1cc(C(C)(C)O)c(OCC#N)cc1Cl. The highest BCUT2D eigenvalue weighted by molar-refractivity contribution is 6.33. The molecule has 1 N–H and O–H groups in total. The number of rotatable bonds is 12. The maximum Gasteiger partial charge on any atom is 0.174 e. The molecule has 3 aromatic carbocycles. The predicted molar refractivity (Wildman–Crippen MR) is 191 cm³/mol. The van der Waals surface area contributed by atoms with Crippen LogP contribution in [0.15, 0.2) is 43.0 Å². The van der Waals surface area contributed by atoms with Gasteiger partial charge in [0.25, 0.3) is 0 Å². The molecule has 3 aromatic rings. The summed E-state index contributed by atoms with van der Waals surface area (Å²) >= 11 is 17.8. The predicted octanol–water partition coefficient (Wildman–Crippen LogP) is 9.22. The summed E-state index contributed by atoms with van der Waals surface area (Å²) in [6.45, 7) is 11.4. The van der Waals surface area contributed by atoms with Crippen molar-refractivity contribution in [3.05, 3.63) is 74.7 Å². The second-order valence-electron chi connectivity index (χ2n) is 11.1.